The van der Waals surface area contributed by atoms with Gasteiger partial charge in [-0.25, -0.2) is 9.97 Å². The molecule has 2 aromatic rings. The van der Waals surface area contributed by atoms with Crippen LogP contribution in [0.4, 0.5) is 5.95 Å². The minimum Gasteiger partial charge on any atom is -0.481 e. The zero-order valence-corrected chi connectivity index (χ0v) is 18.8. The Balaban J connectivity index is 1.58. The molecule has 1 fully saturated rings. The van der Waals surface area contributed by atoms with Gasteiger partial charge in [0.15, 0.2) is 10.9 Å². The molecule has 9 N–H and O–H groups in total. The molecule has 1 saturated heterocycles. The Morgan fingerprint density at radius 3 is 2.74 bits per heavy atom. The van der Waals surface area contributed by atoms with Gasteiger partial charge in [0.05, 0.1) is 19.0 Å². The predicted octanol–water partition coefficient (Wildman–Crippen LogP) is -1.62. The van der Waals surface area contributed by atoms with Crippen LogP contribution in [0, 0.1) is 4.64 Å². The van der Waals surface area contributed by atoms with E-state index in [4.69, 9.17) is 27.8 Å². The predicted molar refractivity (Wildman–Crippen MR) is 121 cm³/mol. The van der Waals surface area contributed by atoms with E-state index in [1.165, 1.54) is 10.9 Å². The average molecular weight is 498 g/mol. The van der Waals surface area contributed by atoms with Crippen molar-refractivity contribution in [3.63, 3.8) is 0 Å². The summed E-state index contributed by atoms with van der Waals surface area (Å²) in [5.74, 6) is -1.13. The maximum atomic E-state index is 11.8. The Hall–Kier alpha value is -2.95. The van der Waals surface area contributed by atoms with E-state index in [1.54, 1.807) is 12.2 Å². The summed E-state index contributed by atoms with van der Waals surface area (Å²) in [6.07, 6.45) is 0.233. The van der Waals surface area contributed by atoms with Gasteiger partial charge in [0.2, 0.25) is 11.9 Å². The van der Waals surface area contributed by atoms with E-state index in [9.17, 15) is 24.9 Å². The molecule has 0 spiro atoms. The third-order valence-electron chi connectivity index (χ3n) is 5.19. The molecule has 15 heteroatoms. The van der Waals surface area contributed by atoms with E-state index in [-0.39, 0.29) is 24.0 Å². The Morgan fingerprint density at radius 2 is 2.06 bits per heavy atom. The summed E-state index contributed by atoms with van der Waals surface area (Å²) in [4.78, 5) is 33.8. The Morgan fingerprint density at radius 1 is 1.32 bits per heavy atom. The largest absolute Gasteiger partial charge is 0.481 e. The number of carboxylic acids is 1. The van der Waals surface area contributed by atoms with Crippen molar-refractivity contribution in [2.24, 2.45) is 5.73 Å². The molecule has 186 valence electrons. The number of hydrogen-bond acceptors (Lipinski definition) is 11. The number of nitrogens with one attached hydrogen (secondary N) is 3. The number of aliphatic hydroxyl groups excluding tert-OH is 3. The second-order valence-corrected chi connectivity index (χ2v) is 7.99. The van der Waals surface area contributed by atoms with Crippen molar-refractivity contribution in [1.29, 1.82) is 0 Å². The third-order valence-corrected chi connectivity index (χ3v) is 5.48. The van der Waals surface area contributed by atoms with Crippen molar-refractivity contribution in [2.45, 2.75) is 43.4 Å². The highest BCUT2D eigenvalue weighted by Crippen LogP contribution is 2.31. The van der Waals surface area contributed by atoms with E-state index < -0.39 is 49.1 Å². The van der Waals surface area contributed by atoms with Crippen LogP contribution < -0.4 is 16.4 Å². The Labute approximate surface area is 198 Å². The number of hydrogen-bond donors (Lipinski definition) is 8. The minimum atomic E-state index is -1.28. The van der Waals surface area contributed by atoms with Crippen molar-refractivity contribution >= 4 is 41.2 Å². The summed E-state index contributed by atoms with van der Waals surface area (Å²) in [5.41, 5.74) is 6.41. The van der Waals surface area contributed by atoms with E-state index in [1.807, 2.05) is 0 Å². The van der Waals surface area contributed by atoms with E-state index in [0.29, 0.717) is 23.7 Å². The number of nitrogens with zero attached hydrogens (tertiary/aromatic N) is 3. The smallest absolute Gasteiger partial charge is 0.303 e. The molecule has 1 aliphatic rings. The number of amides is 1. The second kappa shape index (κ2) is 11.5. The summed E-state index contributed by atoms with van der Waals surface area (Å²) >= 11 is 5.29. The standard InChI is InChI=1S/C19H27N7O7S/c20-9(3-4-11(28)29)16(32)21-5-1-2-6-22-19-24-15-12(17(34)25-19)23-8-26(15)18-14(31)13(30)10(7-27)33-18/h1-2,8-10,13-14,18,27,30-31H,3-7,20H2,(H,21,32)(H,28,29)(H2,22,24,25,34)/t9?,10-,13?,14+,18-/m1/s1. The number of carbonyl (C=O) groups excluding carboxylic acids is 1. The van der Waals surface area contributed by atoms with Crippen LogP contribution in [0.15, 0.2) is 18.5 Å². The maximum absolute atomic E-state index is 11.8. The average Bonchev–Trinajstić information content (AvgIpc) is 3.35. The molecule has 5 atom stereocenters. The van der Waals surface area contributed by atoms with Crippen molar-refractivity contribution < 1.29 is 34.8 Å². The van der Waals surface area contributed by atoms with Gasteiger partial charge < -0.3 is 46.5 Å². The first kappa shape index (κ1) is 25.7. The number of H-pyrrole nitrogens is 1. The number of rotatable bonds is 11. The molecule has 1 amide bonds. The first-order valence-electron chi connectivity index (χ1n) is 10.5. The number of aromatic amines is 1. The highest BCUT2D eigenvalue weighted by Gasteiger charge is 2.43. The number of fused-ring (bicyclic) bond motifs is 1. The van der Waals surface area contributed by atoms with Crippen LogP contribution in [0.5, 0.6) is 0 Å². The molecule has 34 heavy (non-hydrogen) atoms. The summed E-state index contributed by atoms with van der Waals surface area (Å²) in [6.45, 7) is 0.0846. The van der Waals surface area contributed by atoms with Crippen molar-refractivity contribution in [3.8, 4) is 0 Å². The lowest BCUT2D eigenvalue weighted by atomic mass is 10.1. The number of imidazole rings is 1. The number of aliphatic hydroxyl groups is 3. The Bertz CT molecular complexity index is 1100. The molecule has 14 nitrogen and oxygen atoms in total. The fourth-order valence-electron chi connectivity index (χ4n) is 3.35. The molecule has 1 aliphatic heterocycles. The van der Waals surface area contributed by atoms with Crippen molar-refractivity contribution in [1.82, 2.24) is 24.8 Å². The molecule has 3 rings (SSSR count). The Kier molecular flexibility index (Phi) is 8.65. The van der Waals surface area contributed by atoms with Gasteiger partial charge in [-0.15, -0.1) is 0 Å². The SMILES string of the molecule is NC(CCC(=O)O)C(=O)NCC=CCNc1nc(=S)c2ncn([C@@H]3O[C@H](CO)C(O)[C@@H]3O)c2[nH]1. The van der Waals surface area contributed by atoms with Gasteiger partial charge in [0.25, 0.3) is 0 Å². The monoisotopic (exact) mass is 497 g/mol. The summed E-state index contributed by atoms with van der Waals surface area (Å²) in [6, 6.07) is -0.889. The molecule has 2 aromatic heterocycles. The zero-order valence-electron chi connectivity index (χ0n) is 18.0. The molecule has 0 aliphatic carbocycles. The number of carbonyl (C=O) groups is 2. The van der Waals surface area contributed by atoms with Crippen LogP contribution in [0.2, 0.25) is 0 Å². The normalized spacial score (nSPS) is 23.4. The van der Waals surface area contributed by atoms with Crippen molar-refractivity contribution in [2.75, 3.05) is 25.0 Å². The lowest BCUT2D eigenvalue weighted by Gasteiger charge is -2.17. The fourth-order valence-corrected chi connectivity index (χ4v) is 3.59. The topological polar surface area (TPSA) is 221 Å². The maximum Gasteiger partial charge on any atom is 0.303 e. The number of aliphatic carboxylic acids is 1. The number of ether oxygens (including phenoxy) is 1. The fraction of sp³-hybridized carbons (Fsp3) is 0.526. The van der Waals surface area contributed by atoms with Crippen LogP contribution in [-0.2, 0) is 14.3 Å². The molecular weight excluding hydrogens is 470 g/mol. The highest BCUT2D eigenvalue weighted by atomic mass is 32.1. The van der Waals surface area contributed by atoms with Gasteiger partial charge in [0.1, 0.15) is 29.5 Å². The van der Waals surface area contributed by atoms with E-state index in [0.717, 1.165) is 0 Å². The van der Waals surface area contributed by atoms with Gasteiger partial charge in [-0.05, 0) is 6.42 Å². The van der Waals surface area contributed by atoms with Crippen LogP contribution >= 0.6 is 12.2 Å². The number of nitrogens with two attached hydrogens (primary N) is 1. The lowest BCUT2D eigenvalue weighted by molar-refractivity contribution is -0.137. The summed E-state index contributed by atoms with van der Waals surface area (Å²) in [7, 11) is 0. The summed E-state index contributed by atoms with van der Waals surface area (Å²) in [5, 5.41) is 43.9. The van der Waals surface area contributed by atoms with Crippen LogP contribution in [0.1, 0.15) is 19.1 Å². The van der Waals surface area contributed by atoms with Crippen LogP contribution in [0.3, 0.4) is 0 Å². The minimum absolute atomic E-state index is 0.0545. The molecule has 2 unspecified atom stereocenters. The molecule has 0 saturated carbocycles. The van der Waals surface area contributed by atoms with Gasteiger partial charge in [0, 0.05) is 19.5 Å². The zero-order chi connectivity index (χ0) is 24.8. The van der Waals surface area contributed by atoms with Crippen LogP contribution in [-0.4, -0.2) is 95.9 Å². The summed E-state index contributed by atoms with van der Waals surface area (Å²) < 4.78 is 7.23. The van der Waals surface area contributed by atoms with Crippen molar-refractivity contribution in [3.05, 3.63) is 23.1 Å². The van der Waals surface area contributed by atoms with E-state index >= 15 is 0 Å². The second-order valence-electron chi connectivity index (χ2n) is 7.60. The molecule has 0 aromatic carbocycles. The molecule has 0 bridgehead atoms. The first-order chi connectivity index (χ1) is 16.2. The van der Waals surface area contributed by atoms with Gasteiger partial charge in [-0.3, -0.25) is 14.2 Å². The third kappa shape index (κ3) is 5.94. The quantitative estimate of drug-likeness (QED) is 0.130. The lowest BCUT2D eigenvalue weighted by Crippen LogP contribution is -2.40. The molecule has 3 heterocycles. The van der Waals surface area contributed by atoms with Gasteiger partial charge in [-0.1, -0.05) is 24.4 Å². The van der Waals surface area contributed by atoms with E-state index in [2.05, 4.69) is 25.6 Å². The molecular formula is C19H27N7O7S. The number of carboxylic acid groups (broad SMARTS) is 1. The number of anilines is 1. The van der Waals surface area contributed by atoms with Gasteiger partial charge in [-0.2, -0.15) is 0 Å². The first-order valence-corrected chi connectivity index (χ1v) is 10.9. The van der Waals surface area contributed by atoms with Crippen LogP contribution in [0.25, 0.3) is 11.2 Å². The highest BCUT2D eigenvalue weighted by molar-refractivity contribution is 7.71. The van der Waals surface area contributed by atoms with Gasteiger partial charge >= 0.3 is 5.97 Å². The molecule has 0 radical (unpaired) electrons. The number of aromatic nitrogens is 4.